The molecule has 0 bridgehead atoms. The smallest absolute Gasteiger partial charge is 0.337 e. The van der Waals surface area contributed by atoms with Gasteiger partial charge >= 0.3 is 5.97 Å². The van der Waals surface area contributed by atoms with Crippen molar-refractivity contribution in [1.82, 2.24) is 5.32 Å². The number of carbonyl (C=O) groups is 2. The second-order valence-corrected chi connectivity index (χ2v) is 7.96. The SMILES string of the molecule is COC(=O)c1ccc2c(c1)NC(=O)/C2=C(\Nc1ccc(CNCCCN)cc1)c1ccccc1. The lowest BCUT2D eigenvalue weighted by Crippen LogP contribution is -2.17. The van der Waals surface area contributed by atoms with Gasteiger partial charge in [0.15, 0.2) is 0 Å². The number of amides is 1. The first kappa shape index (κ1) is 23.2. The van der Waals surface area contributed by atoms with Crippen molar-refractivity contribution in [2.24, 2.45) is 5.73 Å². The second-order valence-electron chi connectivity index (χ2n) is 7.96. The molecule has 7 heteroatoms. The highest BCUT2D eigenvalue weighted by Crippen LogP contribution is 2.38. The van der Waals surface area contributed by atoms with Gasteiger partial charge in [-0.25, -0.2) is 4.79 Å². The molecule has 0 aliphatic carbocycles. The predicted molar refractivity (Wildman–Crippen MR) is 135 cm³/mol. The zero-order chi connectivity index (χ0) is 23.9. The highest BCUT2D eigenvalue weighted by molar-refractivity contribution is 6.37. The zero-order valence-corrected chi connectivity index (χ0v) is 19.1. The molecule has 3 aromatic carbocycles. The van der Waals surface area contributed by atoms with E-state index in [1.54, 1.807) is 18.2 Å². The van der Waals surface area contributed by atoms with E-state index in [1.807, 2.05) is 42.5 Å². The molecule has 34 heavy (non-hydrogen) atoms. The van der Waals surface area contributed by atoms with Crippen molar-refractivity contribution in [3.8, 4) is 0 Å². The van der Waals surface area contributed by atoms with Gasteiger partial charge in [-0.2, -0.15) is 0 Å². The van der Waals surface area contributed by atoms with Crippen molar-refractivity contribution in [3.63, 3.8) is 0 Å². The number of nitrogens with two attached hydrogens (primary N) is 1. The van der Waals surface area contributed by atoms with Crippen molar-refractivity contribution < 1.29 is 14.3 Å². The van der Waals surface area contributed by atoms with Crippen LogP contribution in [0.25, 0.3) is 11.3 Å². The molecule has 1 aliphatic heterocycles. The summed E-state index contributed by atoms with van der Waals surface area (Å²) in [5.41, 5.74) is 11.3. The van der Waals surface area contributed by atoms with E-state index in [-0.39, 0.29) is 5.91 Å². The van der Waals surface area contributed by atoms with Crippen molar-refractivity contribution in [2.45, 2.75) is 13.0 Å². The molecule has 0 fully saturated rings. The Bertz CT molecular complexity index is 1200. The average Bonchev–Trinajstić information content (AvgIpc) is 3.20. The van der Waals surface area contributed by atoms with Crippen LogP contribution < -0.4 is 21.7 Å². The Morgan fingerprint density at radius 2 is 1.76 bits per heavy atom. The van der Waals surface area contributed by atoms with Crippen molar-refractivity contribution in [3.05, 3.63) is 95.1 Å². The molecular formula is C27H28N4O3. The number of benzene rings is 3. The van der Waals surface area contributed by atoms with Gasteiger partial charge < -0.3 is 26.4 Å². The van der Waals surface area contributed by atoms with E-state index in [9.17, 15) is 9.59 Å². The maximum absolute atomic E-state index is 13.1. The van der Waals surface area contributed by atoms with E-state index < -0.39 is 5.97 Å². The Morgan fingerprint density at radius 1 is 1.00 bits per heavy atom. The number of nitrogens with one attached hydrogen (secondary N) is 3. The Balaban J connectivity index is 1.67. The van der Waals surface area contributed by atoms with Crippen molar-refractivity contribution in [1.29, 1.82) is 0 Å². The van der Waals surface area contributed by atoms with Gasteiger partial charge in [0.1, 0.15) is 0 Å². The summed E-state index contributed by atoms with van der Waals surface area (Å²) in [7, 11) is 1.33. The Labute approximate surface area is 199 Å². The van der Waals surface area contributed by atoms with Gasteiger partial charge in [0, 0.05) is 17.8 Å². The fourth-order valence-electron chi connectivity index (χ4n) is 3.86. The molecule has 4 rings (SSSR count). The lowest BCUT2D eigenvalue weighted by Gasteiger charge is -2.15. The number of carbonyl (C=O) groups excluding carboxylic acids is 2. The first-order chi connectivity index (χ1) is 16.6. The van der Waals surface area contributed by atoms with Gasteiger partial charge in [0.2, 0.25) is 0 Å². The van der Waals surface area contributed by atoms with Gasteiger partial charge in [-0.15, -0.1) is 0 Å². The molecule has 1 aliphatic rings. The molecule has 0 spiro atoms. The van der Waals surface area contributed by atoms with Crippen LogP contribution in [-0.2, 0) is 16.1 Å². The van der Waals surface area contributed by atoms with E-state index in [2.05, 4.69) is 28.1 Å². The summed E-state index contributed by atoms with van der Waals surface area (Å²) in [6, 6.07) is 22.9. The first-order valence-electron chi connectivity index (χ1n) is 11.2. The van der Waals surface area contributed by atoms with Crippen LogP contribution in [0, 0.1) is 0 Å². The summed E-state index contributed by atoms with van der Waals surface area (Å²) >= 11 is 0. The number of methoxy groups -OCH3 is 1. The minimum Gasteiger partial charge on any atom is -0.465 e. The van der Waals surface area contributed by atoms with E-state index >= 15 is 0 Å². The standard InChI is InChI=1S/C27H28N4O3/c1-34-27(33)20-10-13-22-23(16-20)31-26(32)24(22)25(19-6-3-2-4-7-19)30-21-11-8-18(9-12-21)17-29-15-5-14-28/h2-4,6-13,16,29-30H,5,14-15,17,28H2,1H3,(H,31,32)/b25-24-. The summed E-state index contributed by atoms with van der Waals surface area (Å²) in [5, 5.41) is 9.71. The van der Waals surface area contributed by atoms with E-state index in [4.69, 9.17) is 10.5 Å². The molecular weight excluding hydrogens is 428 g/mol. The minimum atomic E-state index is -0.450. The fourth-order valence-corrected chi connectivity index (χ4v) is 3.86. The molecule has 174 valence electrons. The Morgan fingerprint density at radius 3 is 2.47 bits per heavy atom. The van der Waals surface area contributed by atoms with Crippen LogP contribution in [0.15, 0.2) is 72.8 Å². The number of hydrogen-bond acceptors (Lipinski definition) is 6. The van der Waals surface area contributed by atoms with E-state index in [0.29, 0.717) is 29.1 Å². The fraction of sp³-hybridized carbons (Fsp3) is 0.185. The first-order valence-corrected chi connectivity index (χ1v) is 11.2. The molecule has 0 saturated heterocycles. The molecule has 1 heterocycles. The second kappa shape index (κ2) is 10.8. The maximum Gasteiger partial charge on any atom is 0.337 e. The third-order valence-electron chi connectivity index (χ3n) is 5.61. The lowest BCUT2D eigenvalue weighted by atomic mass is 9.99. The number of anilines is 2. The van der Waals surface area contributed by atoms with Crippen molar-refractivity contribution >= 4 is 34.5 Å². The summed E-state index contributed by atoms with van der Waals surface area (Å²) in [6.07, 6.45) is 0.943. The van der Waals surface area contributed by atoms with Crippen LogP contribution in [0.1, 0.15) is 33.5 Å². The third kappa shape index (κ3) is 5.17. The van der Waals surface area contributed by atoms with Gasteiger partial charge in [0.25, 0.3) is 5.91 Å². The molecule has 0 atom stereocenters. The highest BCUT2D eigenvalue weighted by Gasteiger charge is 2.29. The molecule has 0 aromatic heterocycles. The quantitative estimate of drug-likeness (QED) is 0.222. The van der Waals surface area contributed by atoms with Crippen LogP contribution >= 0.6 is 0 Å². The van der Waals surface area contributed by atoms with Crippen molar-refractivity contribution in [2.75, 3.05) is 30.8 Å². The molecule has 0 unspecified atom stereocenters. The van der Waals surface area contributed by atoms with Gasteiger partial charge in [-0.05, 0) is 54.9 Å². The van der Waals surface area contributed by atoms with E-state index in [1.165, 1.54) is 7.11 Å². The molecule has 5 N–H and O–H groups in total. The summed E-state index contributed by atoms with van der Waals surface area (Å²) in [4.78, 5) is 25.0. The van der Waals surface area contributed by atoms with Gasteiger partial charge in [-0.3, -0.25) is 4.79 Å². The lowest BCUT2D eigenvalue weighted by molar-refractivity contribution is -0.110. The summed E-state index contributed by atoms with van der Waals surface area (Å²) in [6.45, 7) is 2.33. The Hall–Kier alpha value is -3.94. The predicted octanol–water partition coefficient (Wildman–Crippen LogP) is 3.84. The number of ether oxygens (including phenoxy) is 1. The normalized spacial score (nSPS) is 13.8. The summed E-state index contributed by atoms with van der Waals surface area (Å²) in [5.74, 6) is -0.683. The summed E-state index contributed by atoms with van der Waals surface area (Å²) < 4.78 is 4.81. The number of rotatable bonds is 9. The number of hydrogen-bond donors (Lipinski definition) is 4. The van der Waals surface area contributed by atoms with Gasteiger partial charge in [-0.1, -0.05) is 48.5 Å². The number of fused-ring (bicyclic) bond motifs is 1. The minimum absolute atomic E-state index is 0.232. The largest absolute Gasteiger partial charge is 0.465 e. The Kier molecular flexibility index (Phi) is 7.37. The third-order valence-corrected chi connectivity index (χ3v) is 5.61. The van der Waals surface area contributed by atoms with Crippen LogP contribution in [-0.4, -0.2) is 32.1 Å². The molecule has 3 aromatic rings. The maximum atomic E-state index is 13.1. The van der Waals surface area contributed by atoms with Crippen LogP contribution in [0.4, 0.5) is 11.4 Å². The molecule has 7 nitrogen and oxygen atoms in total. The highest BCUT2D eigenvalue weighted by atomic mass is 16.5. The molecule has 0 radical (unpaired) electrons. The number of esters is 1. The zero-order valence-electron chi connectivity index (χ0n) is 19.1. The molecule has 1 amide bonds. The van der Waals surface area contributed by atoms with E-state index in [0.717, 1.165) is 41.9 Å². The monoisotopic (exact) mass is 456 g/mol. The van der Waals surface area contributed by atoms with Crippen LogP contribution in [0.5, 0.6) is 0 Å². The molecule has 0 saturated carbocycles. The topological polar surface area (TPSA) is 105 Å². The average molecular weight is 457 g/mol. The van der Waals surface area contributed by atoms with Crippen LogP contribution in [0.2, 0.25) is 0 Å². The van der Waals surface area contributed by atoms with Gasteiger partial charge in [0.05, 0.1) is 29.6 Å². The van der Waals surface area contributed by atoms with Crippen LogP contribution in [0.3, 0.4) is 0 Å².